The zero-order valence-corrected chi connectivity index (χ0v) is 22.1. The molecule has 0 spiro atoms. The van der Waals surface area contributed by atoms with Crippen molar-refractivity contribution in [3.8, 4) is 0 Å². The second-order valence-corrected chi connectivity index (χ2v) is 9.13. The molecular weight excluding hydrogens is 494 g/mol. The molecule has 182 valence electrons. The number of halogens is 1. The first-order valence-corrected chi connectivity index (χ1v) is 13.0. The average Bonchev–Trinajstić information content (AvgIpc) is 3.71. The van der Waals surface area contributed by atoms with Gasteiger partial charge in [0.1, 0.15) is 11.6 Å². The van der Waals surface area contributed by atoms with Crippen LogP contribution in [0.4, 0.5) is 17.2 Å². The molecule has 1 saturated heterocycles. The van der Waals surface area contributed by atoms with Crippen LogP contribution in [0.5, 0.6) is 0 Å². The van der Waals surface area contributed by atoms with E-state index in [2.05, 4.69) is 51.7 Å². The summed E-state index contributed by atoms with van der Waals surface area (Å²) in [5.41, 5.74) is 2.05. The third-order valence-electron chi connectivity index (χ3n) is 5.60. The third kappa shape index (κ3) is 6.03. The van der Waals surface area contributed by atoms with Gasteiger partial charge in [-0.25, -0.2) is 9.97 Å². The van der Waals surface area contributed by atoms with Crippen LogP contribution < -0.4 is 9.80 Å². The first-order valence-electron chi connectivity index (χ1n) is 12.2. The van der Waals surface area contributed by atoms with Crippen LogP contribution in [-0.2, 0) is 0 Å². The molecule has 2 aliphatic rings. The Hall–Kier alpha value is -2.74. The van der Waals surface area contributed by atoms with E-state index in [0.29, 0.717) is 5.92 Å². The molecule has 1 aromatic heterocycles. The maximum Gasteiger partial charge on any atom is 0.270 e. The van der Waals surface area contributed by atoms with Gasteiger partial charge < -0.3 is 9.80 Å². The summed E-state index contributed by atoms with van der Waals surface area (Å²) in [6.45, 7) is 11.6. The van der Waals surface area contributed by atoms with Gasteiger partial charge in [0.05, 0.1) is 16.1 Å². The molecule has 8 heteroatoms. The molecule has 34 heavy (non-hydrogen) atoms. The van der Waals surface area contributed by atoms with Crippen molar-refractivity contribution in [2.24, 2.45) is 0 Å². The lowest BCUT2D eigenvalue weighted by Crippen LogP contribution is -2.47. The molecule has 2 heterocycles. The summed E-state index contributed by atoms with van der Waals surface area (Å²) in [6, 6.07) is 13.1. The smallest absolute Gasteiger partial charge is 0.270 e. The fraction of sp³-hybridized carbons (Fsp3) is 0.462. The number of anilines is 2. The topological polar surface area (TPSA) is 75.4 Å². The van der Waals surface area contributed by atoms with Gasteiger partial charge in [-0.05, 0) is 47.0 Å². The summed E-state index contributed by atoms with van der Waals surface area (Å²) in [4.78, 5) is 25.1. The maximum absolute atomic E-state index is 11.3. The van der Waals surface area contributed by atoms with E-state index >= 15 is 0 Å². The number of fused-ring (bicyclic) bond motifs is 1. The van der Waals surface area contributed by atoms with Crippen LogP contribution in [0.2, 0.25) is 0 Å². The molecule has 0 bridgehead atoms. The Balaban J connectivity index is 0.000000603. The minimum absolute atomic E-state index is 0.0772. The lowest BCUT2D eigenvalue weighted by molar-refractivity contribution is -0.384. The van der Waals surface area contributed by atoms with Gasteiger partial charge in [0.15, 0.2) is 0 Å². The average molecular weight is 528 g/mol. The summed E-state index contributed by atoms with van der Waals surface area (Å²) in [5.74, 6) is 2.12. The second kappa shape index (κ2) is 12.1. The van der Waals surface area contributed by atoms with Gasteiger partial charge in [-0.1, -0.05) is 46.2 Å². The van der Waals surface area contributed by atoms with Crippen molar-refractivity contribution < 1.29 is 4.92 Å². The standard InChI is InChI=1S/C21H20BrN5O2.C3H8.C2H6/c22-17-3-1-2-4-19(17)25-9-11-26(12-10-25)21-16-13-15(27(28)29)7-8-18(16)23-20(24-21)14-5-6-14;1-3-2;1-2/h1-4,7-8,13-14H,5-6,9-12H2;3H2,1-2H3;1-2H3. The van der Waals surface area contributed by atoms with E-state index in [1.165, 1.54) is 18.2 Å². The van der Waals surface area contributed by atoms with Crippen molar-refractivity contribution in [1.82, 2.24) is 9.97 Å². The zero-order chi connectivity index (χ0) is 24.7. The zero-order valence-electron chi connectivity index (χ0n) is 20.5. The van der Waals surface area contributed by atoms with Crippen LogP contribution in [-0.4, -0.2) is 41.1 Å². The van der Waals surface area contributed by atoms with Crippen molar-refractivity contribution in [3.63, 3.8) is 0 Å². The maximum atomic E-state index is 11.3. The van der Waals surface area contributed by atoms with Crippen molar-refractivity contribution in [2.75, 3.05) is 36.0 Å². The van der Waals surface area contributed by atoms with E-state index in [9.17, 15) is 10.1 Å². The van der Waals surface area contributed by atoms with Gasteiger partial charge in [-0.3, -0.25) is 10.1 Å². The Labute approximate surface area is 210 Å². The number of piperazine rings is 1. The van der Waals surface area contributed by atoms with E-state index in [-0.39, 0.29) is 10.6 Å². The fourth-order valence-electron chi connectivity index (χ4n) is 3.86. The molecule has 3 aromatic rings. The molecule has 1 aliphatic carbocycles. The predicted octanol–water partition coefficient (Wildman–Crippen LogP) is 6.95. The molecule has 1 saturated carbocycles. The molecule has 0 unspecified atom stereocenters. The monoisotopic (exact) mass is 527 g/mol. The first-order chi connectivity index (χ1) is 16.5. The molecule has 1 aliphatic heterocycles. The number of hydrogen-bond donors (Lipinski definition) is 0. The van der Waals surface area contributed by atoms with Crippen LogP contribution >= 0.6 is 15.9 Å². The minimum Gasteiger partial charge on any atom is -0.367 e. The van der Waals surface area contributed by atoms with E-state index < -0.39 is 0 Å². The molecule has 0 amide bonds. The summed E-state index contributed by atoms with van der Waals surface area (Å²) in [7, 11) is 0. The predicted molar refractivity (Wildman–Crippen MR) is 144 cm³/mol. The van der Waals surface area contributed by atoms with Crippen LogP contribution in [0.15, 0.2) is 46.9 Å². The largest absolute Gasteiger partial charge is 0.367 e. The van der Waals surface area contributed by atoms with Gasteiger partial charge in [0.25, 0.3) is 5.69 Å². The highest BCUT2D eigenvalue weighted by molar-refractivity contribution is 9.10. The Kier molecular flexibility index (Phi) is 9.21. The number of nitro benzene ring substituents is 1. The van der Waals surface area contributed by atoms with Gasteiger partial charge in [0.2, 0.25) is 0 Å². The van der Waals surface area contributed by atoms with E-state index in [1.54, 1.807) is 12.1 Å². The molecule has 0 atom stereocenters. The van der Waals surface area contributed by atoms with Crippen LogP contribution in [0, 0.1) is 10.1 Å². The second-order valence-electron chi connectivity index (χ2n) is 8.27. The Bertz CT molecular complexity index is 1110. The number of non-ortho nitro benzene ring substituents is 1. The Morgan fingerprint density at radius 1 is 1.00 bits per heavy atom. The van der Waals surface area contributed by atoms with Crippen molar-refractivity contribution in [2.45, 2.75) is 52.9 Å². The Morgan fingerprint density at radius 3 is 2.21 bits per heavy atom. The van der Waals surface area contributed by atoms with Gasteiger partial charge in [-0.15, -0.1) is 0 Å². The number of benzene rings is 2. The molecule has 7 nitrogen and oxygen atoms in total. The molecular formula is C26H34BrN5O2. The van der Waals surface area contributed by atoms with Crippen LogP contribution in [0.1, 0.15) is 58.7 Å². The summed E-state index contributed by atoms with van der Waals surface area (Å²) >= 11 is 3.64. The molecule has 5 rings (SSSR count). The van der Waals surface area contributed by atoms with Crippen LogP contribution in [0.3, 0.4) is 0 Å². The first kappa shape index (κ1) is 25.9. The Morgan fingerprint density at radius 2 is 1.62 bits per heavy atom. The lowest BCUT2D eigenvalue weighted by atomic mass is 10.1. The van der Waals surface area contributed by atoms with E-state index in [4.69, 9.17) is 9.97 Å². The molecule has 2 aromatic carbocycles. The van der Waals surface area contributed by atoms with Gasteiger partial charge in [-0.2, -0.15) is 0 Å². The molecule has 0 N–H and O–H groups in total. The van der Waals surface area contributed by atoms with Gasteiger partial charge in [0, 0.05) is 54.1 Å². The highest BCUT2D eigenvalue weighted by Gasteiger charge is 2.29. The lowest BCUT2D eigenvalue weighted by Gasteiger charge is -2.37. The number of nitro groups is 1. The SMILES string of the molecule is CC.CCC.O=[N+]([O-])c1ccc2nc(C3CC3)nc(N3CCN(c4ccccc4Br)CC3)c2c1. The number of nitrogens with zero attached hydrogens (tertiary/aromatic N) is 5. The van der Waals surface area contributed by atoms with Crippen molar-refractivity contribution >= 4 is 44.0 Å². The summed E-state index contributed by atoms with van der Waals surface area (Å²) in [5, 5.41) is 12.1. The fourth-order valence-corrected chi connectivity index (χ4v) is 4.40. The van der Waals surface area contributed by atoms with E-state index in [0.717, 1.165) is 66.0 Å². The number of hydrogen-bond acceptors (Lipinski definition) is 6. The third-order valence-corrected chi connectivity index (χ3v) is 6.27. The van der Waals surface area contributed by atoms with Gasteiger partial charge >= 0.3 is 0 Å². The normalized spacial score (nSPS) is 15.2. The number of aromatic nitrogens is 2. The number of para-hydroxylation sites is 1. The summed E-state index contributed by atoms with van der Waals surface area (Å²) < 4.78 is 1.09. The number of rotatable bonds is 4. The minimum atomic E-state index is -0.358. The quantitative estimate of drug-likeness (QED) is 0.270. The summed E-state index contributed by atoms with van der Waals surface area (Å²) in [6.07, 6.45) is 3.49. The van der Waals surface area contributed by atoms with Crippen molar-refractivity contribution in [1.29, 1.82) is 0 Å². The van der Waals surface area contributed by atoms with Crippen LogP contribution in [0.25, 0.3) is 10.9 Å². The molecule has 2 fully saturated rings. The van der Waals surface area contributed by atoms with Crippen molar-refractivity contribution in [3.05, 3.63) is 62.9 Å². The highest BCUT2D eigenvalue weighted by atomic mass is 79.9. The van der Waals surface area contributed by atoms with E-state index in [1.807, 2.05) is 26.0 Å². The highest BCUT2D eigenvalue weighted by Crippen LogP contribution is 2.40. The molecule has 0 radical (unpaired) electrons.